The largest absolute Gasteiger partial charge is 0.303 e. The lowest BCUT2D eigenvalue weighted by Gasteiger charge is -2.34. The smallest absolute Gasteiger partial charge is 0.123 e. The molecule has 0 aromatic carbocycles. The van der Waals surface area contributed by atoms with Gasteiger partial charge in [-0.05, 0) is 36.5 Å². The molecule has 0 aromatic rings. The molecule has 5 unspecified atom stereocenters. The summed E-state index contributed by atoms with van der Waals surface area (Å²) in [5, 5.41) is 0. The van der Waals surface area contributed by atoms with Gasteiger partial charge in [0.05, 0.1) is 0 Å². The second-order valence-electron chi connectivity index (χ2n) is 7.39. The molecule has 1 heteroatoms. The number of hydrogen-bond acceptors (Lipinski definition) is 1. The third-order valence-electron chi connectivity index (χ3n) is 6.08. The van der Waals surface area contributed by atoms with Crippen molar-refractivity contribution in [3.05, 3.63) is 0 Å². The van der Waals surface area contributed by atoms with Crippen molar-refractivity contribution in [2.24, 2.45) is 29.6 Å². The Labute approximate surface area is 119 Å². The topological polar surface area (TPSA) is 17.1 Å². The fourth-order valence-electron chi connectivity index (χ4n) is 4.49. The van der Waals surface area contributed by atoms with Gasteiger partial charge in [-0.25, -0.2) is 0 Å². The molecule has 0 aromatic heterocycles. The van der Waals surface area contributed by atoms with Gasteiger partial charge >= 0.3 is 0 Å². The van der Waals surface area contributed by atoms with Gasteiger partial charge in [-0.3, -0.25) is 0 Å². The Bertz CT molecular complexity index is 273. The average molecular weight is 264 g/mol. The Hall–Kier alpha value is -0.330. The maximum absolute atomic E-state index is 10.9. The van der Waals surface area contributed by atoms with E-state index in [2.05, 4.69) is 13.8 Å². The highest BCUT2D eigenvalue weighted by atomic mass is 16.1. The third kappa shape index (κ3) is 4.33. The molecule has 0 heterocycles. The van der Waals surface area contributed by atoms with Crippen molar-refractivity contribution < 1.29 is 4.79 Å². The van der Waals surface area contributed by atoms with E-state index in [1.165, 1.54) is 64.1 Å². The Morgan fingerprint density at radius 1 is 1.00 bits per heavy atom. The van der Waals surface area contributed by atoms with Crippen LogP contribution < -0.4 is 0 Å². The number of aldehydes is 1. The van der Waals surface area contributed by atoms with Crippen LogP contribution in [-0.4, -0.2) is 6.29 Å². The first-order chi connectivity index (χ1) is 9.20. The first-order valence-electron chi connectivity index (χ1n) is 8.66. The van der Waals surface area contributed by atoms with Crippen molar-refractivity contribution in [3.63, 3.8) is 0 Å². The molecular weight excluding hydrogens is 232 g/mol. The molecule has 1 nitrogen and oxygen atoms in total. The molecule has 0 amide bonds. The molecule has 0 spiro atoms. The Morgan fingerprint density at radius 3 is 2.58 bits per heavy atom. The second kappa shape index (κ2) is 7.45. The molecule has 0 radical (unpaired) electrons. The van der Waals surface area contributed by atoms with Crippen LogP contribution in [0.3, 0.4) is 0 Å². The van der Waals surface area contributed by atoms with Crippen LogP contribution in [0.1, 0.15) is 78.1 Å². The molecule has 2 aliphatic carbocycles. The first kappa shape index (κ1) is 15.1. The molecule has 0 N–H and O–H groups in total. The maximum atomic E-state index is 10.9. The molecule has 0 bridgehead atoms. The molecule has 5 atom stereocenters. The van der Waals surface area contributed by atoms with Crippen LogP contribution in [0.5, 0.6) is 0 Å². The predicted octanol–water partition coefficient (Wildman–Crippen LogP) is 5.23. The van der Waals surface area contributed by atoms with Gasteiger partial charge in [-0.1, -0.05) is 65.2 Å². The van der Waals surface area contributed by atoms with Gasteiger partial charge in [0.25, 0.3) is 0 Å². The van der Waals surface area contributed by atoms with Gasteiger partial charge in [-0.2, -0.15) is 0 Å². The normalized spacial score (nSPS) is 40.0. The van der Waals surface area contributed by atoms with Crippen molar-refractivity contribution in [1.29, 1.82) is 0 Å². The van der Waals surface area contributed by atoms with Crippen LogP contribution >= 0.6 is 0 Å². The minimum atomic E-state index is 0.382. The summed E-state index contributed by atoms with van der Waals surface area (Å²) in [6.45, 7) is 4.91. The number of carbonyl (C=O) groups excluding carboxylic acids is 1. The van der Waals surface area contributed by atoms with Crippen molar-refractivity contribution >= 4 is 6.29 Å². The first-order valence-corrected chi connectivity index (χ1v) is 8.66. The number of hydrogen-bond donors (Lipinski definition) is 0. The van der Waals surface area contributed by atoms with E-state index in [1.807, 2.05) is 0 Å². The number of rotatable bonds is 5. The van der Waals surface area contributed by atoms with E-state index in [9.17, 15) is 4.79 Å². The predicted molar refractivity (Wildman–Crippen MR) is 81.0 cm³/mol. The van der Waals surface area contributed by atoms with Gasteiger partial charge in [0.1, 0.15) is 6.29 Å². The Balaban J connectivity index is 1.67. The minimum absolute atomic E-state index is 0.382. The van der Waals surface area contributed by atoms with Gasteiger partial charge in [0.15, 0.2) is 0 Å². The fourth-order valence-corrected chi connectivity index (χ4v) is 4.49. The van der Waals surface area contributed by atoms with Crippen molar-refractivity contribution in [2.45, 2.75) is 78.1 Å². The summed E-state index contributed by atoms with van der Waals surface area (Å²) in [4.78, 5) is 10.9. The van der Waals surface area contributed by atoms with Gasteiger partial charge < -0.3 is 4.79 Å². The monoisotopic (exact) mass is 264 g/mol. The molecule has 19 heavy (non-hydrogen) atoms. The van der Waals surface area contributed by atoms with E-state index in [-0.39, 0.29) is 0 Å². The van der Waals surface area contributed by atoms with Crippen molar-refractivity contribution in [1.82, 2.24) is 0 Å². The van der Waals surface area contributed by atoms with E-state index in [0.29, 0.717) is 5.92 Å². The van der Waals surface area contributed by atoms with Crippen LogP contribution in [0.25, 0.3) is 0 Å². The van der Waals surface area contributed by atoms with Crippen LogP contribution in [0.15, 0.2) is 0 Å². The molecule has 2 saturated carbocycles. The van der Waals surface area contributed by atoms with Crippen molar-refractivity contribution in [3.8, 4) is 0 Å². The minimum Gasteiger partial charge on any atom is -0.303 e. The SMILES string of the molecule is CC1CCCC(CCCC2CCCC(C=O)C2)C1C. The van der Waals surface area contributed by atoms with Crippen LogP contribution in [-0.2, 0) is 4.79 Å². The van der Waals surface area contributed by atoms with Crippen LogP contribution in [0.2, 0.25) is 0 Å². The summed E-state index contributed by atoms with van der Waals surface area (Å²) in [7, 11) is 0. The molecule has 0 saturated heterocycles. The zero-order valence-electron chi connectivity index (χ0n) is 12.9. The van der Waals surface area contributed by atoms with E-state index in [0.717, 1.165) is 30.1 Å². The standard InChI is InChI=1S/C18H32O/c1-14-6-3-10-18(15(14)2)11-5-8-16-7-4-9-17(12-16)13-19/h13-18H,3-12H2,1-2H3. The summed E-state index contributed by atoms with van der Waals surface area (Å²) in [5.74, 6) is 4.08. The van der Waals surface area contributed by atoms with E-state index in [4.69, 9.17) is 0 Å². The summed E-state index contributed by atoms with van der Waals surface area (Å²) in [6, 6.07) is 0. The molecule has 2 fully saturated rings. The molecule has 2 aliphatic rings. The van der Waals surface area contributed by atoms with E-state index >= 15 is 0 Å². The third-order valence-corrected chi connectivity index (χ3v) is 6.08. The maximum Gasteiger partial charge on any atom is 0.123 e. The lowest BCUT2D eigenvalue weighted by Crippen LogP contribution is -2.24. The van der Waals surface area contributed by atoms with Gasteiger partial charge in [0, 0.05) is 5.92 Å². The highest BCUT2D eigenvalue weighted by Gasteiger charge is 2.27. The Morgan fingerprint density at radius 2 is 1.79 bits per heavy atom. The summed E-state index contributed by atoms with van der Waals surface area (Å²) < 4.78 is 0. The summed E-state index contributed by atoms with van der Waals surface area (Å²) >= 11 is 0. The summed E-state index contributed by atoms with van der Waals surface area (Å²) in [6.07, 6.45) is 14.8. The van der Waals surface area contributed by atoms with Crippen LogP contribution in [0, 0.1) is 29.6 Å². The quantitative estimate of drug-likeness (QED) is 0.621. The summed E-state index contributed by atoms with van der Waals surface area (Å²) in [5.41, 5.74) is 0. The zero-order chi connectivity index (χ0) is 13.7. The molecule has 110 valence electrons. The van der Waals surface area contributed by atoms with E-state index in [1.54, 1.807) is 0 Å². The molecule has 0 aliphatic heterocycles. The fraction of sp³-hybridized carbons (Fsp3) is 0.944. The van der Waals surface area contributed by atoms with E-state index < -0.39 is 0 Å². The lowest BCUT2D eigenvalue weighted by atomic mass is 9.71. The Kier molecular flexibility index (Phi) is 5.91. The zero-order valence-corrected chi connectivity index (χ0v) is 12.9. The molecule has 2 rings (SSSR count). The highest BCUT2D eigenvalue weighted by molar-refractivity contribution is 5.53. The van der Waals surface area contributed by atoms with Gasteiger partial charge in [-0.15, -0.1) is 0 Å². The van der Waals surface area contributed by atoms with Gasteiger partial charge in [0.2, 0.25) is 0 Å². The van der Waals surface area contributed by atoms with Crippen LogP contribution in [0.4, 0.5) is 0 Å². The van der Waals surface area contributed by atoms with Crippen molar-refractivity contribution in [2.75, 3.05) is 0 Å². The molecular formula is C18H32O. The number of carbonyl (C=O) groups is 1. The lowest BCUT2D eigenvalue weighted by molar-refractivity contribution is -0.112. The highest BCUT2D eigenvalue weighted by Crippen LogP contribution is 2.38. The second-order valence-corrected chi connectivity index (χ2v) is 7.39. The average Bonchev–Trinajstić information content (AvgIpc) is 2.44.